The number of hydrogen-bond acceptors (Lipinski definition) is 3. The van der Waals surface area contributed by atoms with Crippen molar-refractivity contribution in [2.45, 2.75) is 31.0 Å². The molecule has 1 aromatic carbocycles. The predicted molar refractivity (Wildman–Crippen MR) is 81.8 cm³/mol. The molecular formula is C15H12ClF3N2OS. The zero-order valence-electron chi connectivity index (χ0n) is 11.7. The number of alkyl halides is 3. The minimum Gasteiger partial charge on any atom is -0.348 e. The number of nitrogens with zero attached hydrogens (tertiary/aromatic N) is 1. The third-order valence-corrected chi connectivity index (χ3v) is 5.01. The molecule has 122 valence electrons. The van der Waals surface area contributed by atoms with Gasteiger partial charge in [-0.1, -0.05) is 23.7 Å². The van der Waals surface area contributed by atoms with Gasteiger partial charge in [0.25, 0.3) is 5.91 Å². The first-order valence-corrected chi connectivity index (χ1v) is 8.19. The summed E-state index contributed by atoms with van der Waals surface area (Å²) in [6.45, 7) is 0. The lowest BCUT2D eigenvalue weighted by molar-refractivity contribution is -0.141. The summed E-state index contributed by atoms with van der Waals surface area (Å²) in [4.78, 5) is 15.0. The third-order valence-electron chi connectivity index (χ3n) is 3.93. The zero-order chi connectivity index (χ0) is 16.6. The van der Waals surface area contributed by atoms with Crippen LogP contribution in [-0.2, 0) is 6.18 Å². The van der Waals surface area contributed by atoms with E-state index in [1.54, 1.807) is 12.1 Å². The molecule has 3 rings (SSSR count). The van der Waals surface area contributed by atoms with E-state index >= 15 is 0 Å². The van der Waals surface area contributed by atoms with Crippen LogP contribution in [0, 0.1) is 0 Å². The molecule has 2 aromatic rings. The fourth-order valence-electron chi connectivity index (χ4n) is 2.62. The van der Waals surface area contributed by atoms with Crippen LogP contribution >= 0.6 is 22.9 Å². The van der Waals surface area contributed by atoms with E-state index in [1.807, 2.05) is 12.1 Å². The summed E-state index contributed by atoms with van der Waals surface area (Å²) in [7, 11) is 0. The predicted octanol–water partition coefficient (Wildman–Crippen LogP) is 4.49. The molecule has 3 nitrogen and oxygen atoms in total. The lowest BCUT2D eigenvalue weighted by atomic mass is 9.75. The highest BCUT2D eigenvalue weighted by Crippen LogP contribution is 2.38. The molecule has 23 heavy (non-hydrogen) atoms. The Morgan fingerprint density at radius 1 is 1.26 bits per heavy atom. The summed E-state index contributed by atoms with van der Waals surface area (Å²) in [6, 6.07) is 7.10. The molecular weight excluding hydrogens is 349 g/mol. The molecule has 0 unspecified atom stereocenters. The van der Waals surface area contributed by atoms with Gasteiger partial charge in [-0.2, -0.15) is 13.2 Å². The Morgan fingerprint density at radius 3 is 2.52 bits per heavy atom. The van der Waals surface area contributed by atoms with Crippen molar-refractivity contribution in [3.05, 3.63) is 50.9 Å². The molecule has 1 heterocycles. The summed E-state index contributed by atoms with van der Waals surface area (Å²) in [5, 5.41) is 3.31. The Balaban J connectivity index is 1.71. The van der Waals surface area contributed by atoms with Crippen LogP contribution in [0.25, 0.3) is 0 Å². The van der Waals surface area contributed by atoms with Gasteiger partial charge in [-0.15, -0.1) is 11.3 Å². The Labute approximate surface area is 139 Å². The van der Waals surface area contributed by atoms with Gasteiger partial charge in [-0.3, -0.25) is 4.79 Å². The van der Waals surface area contributed by atoms with Gasteiger partial charge < -0.3 is 5.32 Å². The Morgan fingerprint density at radius 2 is 1.96 bits per heavy atom. The largest absolute Gasteiger partial charge is 0.434 e. The molecule has 1 fully saturated rings. The van der Waals surface area contributed by atoms with E-state index < -0.39 is 17.8 Å². The van der Waals surface area contributed by atoms with E-state index in [0.29, 0.717) is 16.4 Å². The fraction of sp³-hybridized carbons (Fsp3) is 0.333. The van der Waals surface area contributed by atoms with Crippen molar-refractivity contribution in [2.24, 2.45) is 0 Å². The molecule has 0 saturated heterocycles. The number of benzene rings is 1. The van der Waals surface area contributed by atoms with Gasteiger partial charge in [-0.25, -0.2) is 4.98 Å². The van der Waals surface area contributed by atoms with Crippen molar-refractivity contribution in [3.8, 4) is 0 Å². The molecule has 2 atom stereocenters. The monoisotopic (exact) mass is 360 g/mol. The van der Waals surface area contributed by atoms with Crippen molar-refractivity contribution in [2.75, 3.05) is 0 Å². The van der Waals surface area contributed by atoms with Crippen molar-refractivity contribution >= 4 is 28.8 Å². The number of thiazole rings is 1. The number of rotatable bonds is 3. The third kappa shape index (κ3) is 3.35. The van der Waals surface area contributed by atoms with Crippen LogP contribution < -0.4 is 5.32 Å². The second-order valence-corrected chi connectivity index (χ2v) is 6.63. The normalized spacial score (nSPS) is 20.9. The van der Waals surface area contributed by atoms with Crippen LogP contribution in [0.1, 0.15) is 39.7 Å². The zero-order valence-corrected chi connectivity index (χ0v) is 13.3. The second kappa shape index (κ2) is 6.13. The maximum Gasteiger partial charge on any atom is 0.434 e. The standard InChI is InChI=1S/C15H12ClF3N2OS/c16-9-3-1-8(2-4-9)10-5-6-11(10)21-14(22)12-13(15(17,18)19)20-7-23-12/h1-4,7,10-11H,5-6H2,(H,21,22)/t10-,11-/m0/s1. The number of hydrogen-bond donors (Lipinski definition) is 1. The summed E-state index contributed by atoms with van der Waals surface area (Å²) in [5.41, 5.74) is 0.934. The quantitative estimate of drug-likeness (QED) is 0.876. The van der Waals surface area contributed by atoms with Crippen LogP contribution in [0.3, 0.4) is 0 Å². The first-order chi connectivity index (χ1) is 10.9. The maximum atomic E-state index is 12.8. The van der Waals surface area contributed by atoms with Gasteiger partial charge in [0.15, 0.2) is 5.69 Å². The molecule has 1 aromatic heterocycles. The van der Waals surface area contributed by atoms with E-state index in [0.717, 1.165) is 23.9 Å². The fourth-order valence-corrected chi connectivity index (χ4v) is 3.46. The van der Waals surface area contributed by atoms with Crippen LogP contribution in [0.5, 0.6) is 0 Å². The van der Waals surface area contributed by atoms with E-state index in [2.05, 4.69) is 10.3 Å². The number of carbonyl (C=O) groups is 1. The van der Waals surface area contributed by atoms with Gasteiger partial charge in [-0.05, 0) is 30.5 Å². The molecule has 0 aliphatic heterocycles. The second-order valence-electron chi connectivity index (χ2n) is 5.34. The highest BCUT2D eigenvalue weighted by Gasteiger charge is 2.40. The molecule has 8 heteroatoms. The molecule has 0 radical (unpaired) electrons. The minimum absolute atomic E-state index is 0.0958. The Bertz CT molecular complexity index is 714. The summed E-state index contributed by atoms with van der Waals surface area (Å²) < 4.78 is 38.4. The number of halogens is 4. The van der Waals surface area contributed by atoms with E-state index in [1.165, 1.54) is 0 Å². The van der Waals surface area contributed by atoms with Crippen LogP contribution in [-0.4, -0.2) is 16.9 Å². The number of carbonyl (C=O) groups excluding carboxylic acids is 1. The van der Waals surface area contributed by atoms with Crippen LogP contribution in [0.4, 0.5) is 13.2 Å². The molecule has 1 aliphatic rings. The molecule has 0 bridgehead atoms. The minimum atomic E-state index is -4.62. The summed E-state index contributed by atoms with van der Waals surface area (Å²) in [5.74, 6) is -0.623. The van der Waals surface area contributed by atoms with Crippen molar-refractivity contribution < 1.29 is 18.0 Å². The molecule has 1 amide bonds. The summed E-state index contributed by atoms with van der Waals surface area (Å²) >= 11 is 6.54. The first kappa shape index (κ1) is 16.3. The smallest absolute Gasteiger partial charge is 0.348 e. The SMILES string of the molecule is O=C(N[C@H]1CC[C@H]1c1ccc(Cl)cc1)c1scnc1C(F)(F)F. The molecule has 0 spiro atoms. The molecule has 1 saturated carbocycles. The van der Waals surface area contributed by atoms with Crippen molar-refractivity contribution in [1.82, 2.24) is 10.3 Å². The topological polar surface area (TPSA) is 42.0 Å². The first-order valence-electron chi connectivity index (χ1n) is 6.93. The highest BCUT2D eigenvalue weighted by atomic mass is 35.5. The number of amides is 1. The van der Waals surface area contributed by atoms with Crippen molar-refractivity contribution in [1.29, 1.82) is 0 Å². The van der Waals surface area contributed by atoms with E-state index in [9.17, 15) is 18.0 Å². The van der Waals surface area contributed by atoms with Crippen LogP contribution in [0.15, 0.2) is 29.8 Å². The molecule has 1 aliphatic carbocycles. The average Bonchev–Trinajstić information content (AvgIpc) is 2.95. The summed E-state index contributed by atoms with van der Waals surface area (Å²) in [6.07, 6.45) is -3.01. The van der Waals surface area contributed by atoms with E-state index in [-0.39, 0.29) is 16.8 Å². The number of aromatic nitrogens is 1. The van der Waals surface area contributed by atoms with Gasteiger partial charge >= 0.3 is 6.18 Å². The van der Waals surface area contributed by atoms with Crippen molar-refractivity contribution in [3.63, 3.8) is 0 Å². The van der Waals surface area contributed by atoms with Crippen LogP contribution in [0.2, 0.25) is 5.02 Å². The van der Waals surface area contributed by atoms with Gasteiger partial charge in [0.2, 0.25) is 0 Å². The highest BCUT2D eigenvalue weighted by molar-refractivity contribution is 7.11. The average molecular weight is 361 g/mol. The molecule has 1 N–H and O–H groups in total. The van der Waals surface area contributed by atoms with Gasteiger partial charge in [0.1, 0.15) is 4.88 Å². The van der Waals surface area contributed by atoms with Gasteiger partial charge in [0.05, 0.1) is 5.51 Å². The Hall–Kier alpha value is -1.60. The lowest BCUT2D eigenvalue weighted by Gasteiger charge is -2.37. The van der Waals surface area contributed by atoms with Gasteiger partial charge in [0, 0.05) is 17.0 Å². The van der Waals surface area contributed by atoms with E-state index in [4.69, 9.17) is 11.6 Å². The Kier molecular flexibility index (Phi) is 4.33. The number of nitrogens with one attached hydrogen (secondary N) is 1. The maximum absolute atomic E-state index is 12.8. The lowest BCUT2D eigenvalue weighted by Crippen LogP contribution is -2.45.